The summed E-state index contributed by atoms with van der Waals surface area (Å²) in [5.74, 6) is 1.55. The fourth-order valence-electron chi connectivity index (χ4n) is 4.74. The molecule has 2 aromatic heterocycles. The summed E-state index contributed by atoms with van der Waals surface area (Å²) < 4.78 is 12.2. The van der Waals surface area contributed by atoms with Crippen LogP contribution in [0.1, 0.15) is 51.1 Å². The standard InChI is InChI=1S/C26H34N6O2/c1-2-3-5-20-18-29-23-16-21(32-12-14-33-15-13-32)17-24(25(23)30-20)34-22-8-6-19(7-9-22)31-26-27-10-4-11-28-26/h4,10-11,16-19,22H,2-3,5-9,12-15H2,1H3,(H,27,28,31)/t19-,22+. The van der Waals surface area contributed by atoms with Crippen LogP contribution < -0.4 is 15.0 Å². The number of morpholine rings is 1. The molecular weight excluding hydrogens is 428 g/mol. The number of ether oxygens (including phenoxy) is 2. The van der Waals surface area contributed by atoms with Crippen LogP contribution >= 0.6 is 0 Å². The van der Waals surface area contributed by atoms with E-state index in [9.17, 15) is 0 Å². The average Bonchev–Trinajstić information content (AvgIpc) is 2.89. The topological polar surface area (TPSA) is 85.3 Å². The summed E-state index contributed by atoms with van der Waals surface area (Å²) in [5.41, 5.74) is 3.95. The van der Waals surface area contributed by atoms with Gasteiger partial charge in [0.15, 0.2) is 0 Å². The highest BCUT2D eigenvalue weighted by Crippen LogP contribution is 2.33. The number of unbranched alkanes of at least 4 members (excludes halogenated alkanes) is 1. The molecule has 1 saturated carbocycles. The molecule has 5 rings (SSSR count). The summed E-state index contributed by atoms with van der Waals surface area (Å²) in [5, 5.41) is 3.46. The Morgan fingerprint density at radius 2 is 1.85 bits per heavy atom. The molecule has 3 heterocycles. The van der Waals surface area contributed by atoms with E-state index in [0.717, 1.165) is 99.4 Å². The lowest BCUT2D eigenvalue weighted by molar-refractivity contribution is 0.122. The molecule has 8 heteroatoms. The van der Waals surface area contributed by atoms with Crippen molar-refractivity contribution in [3.05, 3.63) is 42.5 Å². The van der Waals surface area contributed by atoms with Crippen LogP contribution in [0.15, 0.2) is 36.8 Å². The third-order valence-electron chi connectivity index (χ3n) is 6.68. The van der Waals surface area contributed by atoms with Gasteiger partial charge in [-0.1, -0.05) is 13.3 Å². The lowest BCUT2D eigenvalue weighted by atomic mass is 9.93. The third-order valence-corrected chi connectivity index (χ3v) is 6.68. The molecule has 3 aromatic rings. The van der Waals surface area contributed by atoms with Gasteiger partial charge in [-0.25, -0.2) is 15.0 Å². The molecule has 1 aliphatic carbocycles. The maximum Gasteiger partial charge on any atom is 0.222 e. The van der Waals surface area contributed by atoms with Gasteiger partial charge in [0.25, 0.3) is 0 Å². The maximum atomic E-state index is 6.64. The van der Waals surface area contributed by atoms with Crippen molar-refractivity contribution in [2.24, 2.45) is 0 Å². The SMILES string of the molecule is CCCCc1cnc2cc(N3CCOCC3)cc(O[C@H]3CC[C@@H](Nc4ncccn4)CC3)c2n1. The number of benzene rings is 1. The number of hydrogen-bond acceptors (Lipinski definition) is 8. The van der Waals surface area contributed by atoms with Gasteiger partial charge in [0, 0.05) is 49.5 Å². The molecule has 1 N–H and O–H groups in total. The van der Waals surface area contributed by atoms with Gasteiger partial charge >= 0.3 is 0 Å². The van der Waals surface area contributed by atoms with Crippen LogP contribution in [-0.4, -0.2) is 58.4 Å². The highest BCUT2D eigenvalue weighted by molar-refractivity contribution is 5.85. The van der Waals surface area contributed by atoms with Gasteiger partial charge in [-0.05, 0) is 50.7 Å². The summed E-state index contributed by atoms with van der Waals surface area (Å²) in [6, 6.07) is 6.51. The molecule has 34 heavy (non-hydrogen) atoms. The summed E-state index contributed by atoms with van der Waals surface area (Å²) >= 11 is 0. The van der Waals surface area contributed by atoms with E-state index >= 15 is 0 Å². The largest absolute Gasteiger partial charge is 0.488 e. The van der Waals surface area contributed by atoms with Crippen LogP contribution in [0.5, 0.6) is 5.75 Å². The lowest BCUT2D eigenvalue weighted by Gasteiger charge is -2.31. The first-order valence-corrected chi connectivity index (χ1v) is 12.6. The van der Waals surface area contributed by atoms with E-state index in [1.165, 1.54) is 0 Å². The first kappa shape index (κ1) is 22.8. The number of nitrogens with one attached hydrogen (secondary N) is 1. The fourth-order valence-corrected chi connectivity index (χ4v) is 4.74. The molecule has 2 aliphatic rings. The van der Waals surface area contributed by atoms with Crippen molar-refractivity contribution in [1.29, 1.82) is 0 Å². The molecule has 0 amide bonds. The molecule has 180 valence electrons. The number of aryl methyl sites for hydroxylation is 1. The number of anilines is 2. The Bertz CT molecular complexity index is 1070. The van der Waals surface area contributed by atoms with Crippen molar-refractivity contribution in [3.63, 3.8) is 0 Å². The Morgan fingerprint density at radius 3 is 2.62 bits per heavy atom. The highest BCUT2D eigenvalue weighted by Gasteiger charge is 2.25. The monoisotopic (exact) mass is 462 g/mol. The van der Waals surface area contributed by atoms with Crippen molar-refractivity contribution in [3.8, 4) is 5.75 Å². The van der Waals surface area contributed by atoms with Gasteiger partial charge in [0.05, 0.1) is 30.5 Å². The molecule has 2 fully saturated rings. The molecular formula is C26H34N6O2. The van der Waals surface area contributed by atoms with Crippen molar-refractivity contribution in [2.75, 3.05) is 36.5 Å². The summed E-state index contributed by atoms with van der Waals surface area (Å²) in [6.45, 7) is 5.46. The number of fused-ring (bicyclic) bond motifs is 1. The van der Waals surface area contributed by atoms with Gasteiger partial charge in [0.2, 0.25) is 5.95 Å². The minimum Gasteiger partial charge on any atom is -0.488 e. The Labute approximate surface area is 201 Å². The van der Waals surface area contributed by atoms with E-state index < -0.39 is 0 Å². The predicted octanol–water partition coefficient (Wildman–Crippen LogP) is 4.40. The third kappa shape index (κ3) is 5.55. The molecule has 0 bridgehead atoms. The van der Waals surface area contributed by atoms with Crippen LogP contribution in [0.2, 0.25) is 0 Å². The van der Waals surface area contributed by atoms with Crippen molar-refractivity contribution in [2.45, 2.75) is 64.0 Å². The summed E-state index contributed by atoms with van der Waals surface area (Å²) in [6.07, 6.45) is 12.9. The van der Waals surface area contributed by atoms with E-state index in [-0.39, 0.29) is 6.10 Å². The number of nitrogens with zero attached hydrogens (tertiary/aromatic N) is 5. The molecule has 1 aliphatic heterocycles. The van der Waals surface area contributed by atoms with E-state index in [0.29, 0.717) is 12.0 Å². The predicted molar refractivity (Wildman–Crippen MR) is 134 cm³/mol. The second-order valence-corrected chi connectivity index (χ2v) is 9.18. The summed E-state index contributed by atoms with van der Waals surface area (Å²) in [4.78, 5) is 20.7. The molecule has 1 saturated heterocycles. The van der Waals surface area contributed by atoms with Gasteiger partial charge in [0.1, 0.15) is 11.3 Å². The second kappa shape index (κ2) is 11.0. The van der Waals surface area contributed by atoms with Crippen LogP contribution in [-0.2, 0) is 11.2 Å². The van der Waals surface area contributed by atoms with E-state index in [4.69, 9.17) is 19.4 Å². The molecule has 0 radical (unpaired) electrons. The Hall–Kier alpha value is -3.00. The Kier molecular flexibility index (Phi) is 7.34. The van der Waals surface area contributed by atoms with Gasteiger partial charge in [-0.15, -0.1) is 0 Å². The molecule has 0 unspecified atom stereocenters. The molecule has 0 spiro atoms. The van der Waals surface area contributed by atoms with Gasteiger partial charge < -0.3 is 19.7 Å². The van der Waals surface area contributed by atoms with Crippen molar-refractivity contribution in [1.82, 2.24) is 19.9 Å². The van der Waals surface area contributed by atoms with Crippen LogP contribution in [0.4, 0.5) is 11.6 Å². The van der Waals surface area contributed by atoms with E-state index in [2.05, 4.69) is 39.2 Å². The summed E-state index contributed by atoms with van der Waals surface area (Å²) in [7, 11) is 0. The maximum absolute atomic E-state index is 6.64. The number of hydrogen-bond donors (Lipinski definition) is 1. The lowest BCUT2D eigenvalue weighted by Crippen LogP contribution is -2.36. The molecule has 1 aromatic carbocycles. The minimum atomic E-state index is 0.166. The first-order valence-electron chi connectivity index (χ1n) is 12.6. The van der Waals surface area contributed by atoms with Crippen molar-refractivity contribution < 1.29 is 9.47 Å². The Balaban J connectivity index is 1.33. The van der Waals surface area contributed by atoms with Gasteiger partial charge in [-0.3, -0.25) is 4.98 Å². The zero-order chi connectivity index (χ0) is 23.2. The van der Waals surface area contributed by atoms with E-state index in [1.807, 2.05) is 12.3 Å². The number of rotatable bonds is 8. The zero-order valence-corrected chi connectivity index (χ0v) is 19.9. The second-order valence-electron chi connectivity index (χ2n) is 9.18. The minimum absolute atomic E-state index is 0.166. The van der Waals surface area contributed by atoms with Crippen molar-refractivity contribution >= 4 is 22.7 Å². The first-order chi connectivity index (χ1) is 16.8. The highest BCUT2D eigenvalue weighted by atomic mass is 16.5. The quantitative estimate of drug-likeness (QED) is 0.527. The molecule has 8 nitrogen and oxygen atoms in total. The normalized spacial score (nSPS) is 20.9. The van der Waals surface area contributed by atoms with Gasteiger partial charge in [-0.2, -0.15) is 0 Å². The zero-order valence-electron chi connectivity index (χ0n) is 19.9. The smallest absolute Gasteiger partial charge is 0.222 e. The average molecular weight is 463 g/mol. The van der Waals surface area contributed by atoms with Crippen LogP contribution in [0.25, 0.3) is 11.0 Å². The van der Waals surface area contributed by atoms with Crippen LogP contribution in [0, 0.1) is 0 Å². The number of aromatic nitrogens is 4. The van der Waals surface area contributed by atoms with E-state index in [1.54, 1.807) is 12.4 Å². The van der Waals surface area contributed by atoms with Crippen LogP contribution in [0.3, 0.4) is 0 Å². The Morgan fingerprint density at radius 1 is 1.06 bits per heavy atom. The molecule has 0 atom stereocenters. The fraction of sp³-hybridized carbons (Fsp3) is 0.538.